The Morgan fingerprint density at radius 1 is 1.23 bits per heavy atom. The lowest BCUT2D eigenvalue weighted by Crippen LogP contribution is -2.37. The molecule has 0 aliphatic rings. The van der Waals surface area contributed by atoms with Crippen LogP contribution in [0.15, 0.2) is 17.0 Å². The van der Waals surface area contributed by atoms with Gasteiger partial charge < -0.3 is 9.47 Å². The third-order valence-corrected chi connectivity index (χ3v) is 4.43. The number of sulfone groups is 1. The van der Waals surface area contributed by atoms with Gasteiger partial charge in [-0.05, 0) is 39.8 Å². The third kappa shape index (κ3) is 5.33. The van der Waals surface area contributed by atoms with Crippen molar-refractivity contribution in [2.45, 2.75) is 38.2 Å². The Morgan fingerprint density at radius 3 is 2.23 bits per heavy atom. The number of benzene rings is 1. The molecule has 1 rings (SSSR count). The normalized spacial score (nSPS) is 11.8. The van der Waals surface area contributed by atoms with E-state index < -0.39 is 27.5 Å². The topological polar surface area (TPSA) is 99.2 Å². The highest BCUT2D eigenvalue weighted by atomic mass is 35.5. The van der Waals surface area contributed by atoms with Crippen LogP contribution in [-0.2, 0) is 24.1 Å². The molecule has 0 heterocycles. The number of amides is 1. The monoisotopic (exact) mass is 407 g/mol. The number of anilines is 1. The van der Waals surface area contributed by atoms with E-state index in [1.54, 1.807) is 27.7 Å². The van der Waals surface area contributed by atoms with Gasteiger partial charge in [-0.25, -0.2) is 18.0 Å². The molecule has 0 spiro atoms. The van der Waals surface area contributed by atoms with Crippen molar-refractivity contribution in [1.29, 1.82) is 0 Å². The number of nitrogens with zero attached hydrogens (tertiary/aromatic N) is 1. The Morgan fingerprint density at radius 2 is 1.81 bits per heavy atom. The molecule has 0 N–H and O–H groups in total. The molecule has 0 saturated heterocycles. The summed E-state index contributed by atoms with van der Waals surface area (Å²) in [4.78, 5) is 29.2. The summed E-state index contributed by atoms with van der Waals surface area (Å²) in [5, 5.41) is 0.284. The Bertz CT molecular complexity index is 800. The van der Waals surface area contributed by atoms with Crippen LogP contribution in [0.1, 0.15) is 38.1 Å². The van der Waals surface area contributed by atoms with E-state index in [0.717, 1.165) is 19.4 Å². The zero-order chi connectivity index (χ0) is 20.3. The van der Waals surface area contributed by atoms with Crippen LogP contribution in [0.5, 0.6) is 0 Å². The number of ether oxygens (including phenoxy) is 2. The molecule has 1 aromatic carbocycles. The zero-order valence-corrected chi connectivity index (χ0v) is 17.0. The number of rotatable bonds is 5. The number of halogens is 1. The van der Waals surface area contributed by atoms with Crippen LogP contribution in [0.3, 0.4) is 0 Å². The van der Waals surface area contributed by atoms with Gasteiger partial charge in [-0.2, -0.15) is 5.06 Å². The predicted octanol–water partition coefficient (Wildman–Crippen LogP) is 3.22. The summed E-state index contributed by atoms with van der Waals surface area (Å²) in [7, 11) is -2.67. The lowest BCUT2D eigenvalue weighted by atomic mass is 10.2. The fraction of sp³-hybridized carbons (Fsp3) is 0.500. The molecule has 10 heteroatoms. The maximum absolute atomic E-state index is 12.4. The highest BCUT2D eigenvalue weighted by Crippen LogP contribution is 2.37. The molecule has 26 heavy (non-hydrogen) atoms. The van der Waals surface area contributed by atoms with Crippen LogP contribution in [0, 0.1) is 0 Å². The molecule has 0 aliphatic carbocycles. The van der Waals surface area contributed by atoms with Crippen LogP contribution in [-0.4, -0.2) is 46.1 Å². The molecule has 0 atom stereocenters. The minimum atomic E-state index is -3.81. The van der Waals surface area contributed by atoms with E-state index in [1.807, 2.05) is 0 Å². The molecule has 0 radical (unpaired) electrons. The van der Waals surface area contributed by atoms with E-state index in [-0.39, 0.29) is 27.8 Å². The summed E-state index contributed by atoms with van der Waals surface area (Å²) >= 11 is 6.24. The standard InChI is InChI=1S/C16H22ClNO7S/c1-7-24-14(19)10-8-9-11(26(6,21)22)13(12(10)17)18(23-5)15(20)25-16(2,3)4/h8-9H,7H2,1-6H3. The third-order valence-electron chi connectivity index (χ3n) is 2.92. The minimum Gasteiger partial charge on any atom is -0.462 e. The van der Waals surface area contributed by atoms with Crippen molar-refractivity contribution in [1.82, 2.24) is 0 Å². The lowest BCUT2D eigenvalue weighted by Gasteiger charge is -2.27. The van der Waals surface area contributed by atoms with Gasteiger partial charge in [0.25, 0.3) is 0 Å². The van der Waals surface area contributed by atoms with Crippen LogP contribution in [0.25, 0.3) is 0 Å². The maximum atomic E-state index is 12.4. The fourth-order valence-corrected chi connectivity index (χ4v) is 3.19. The maximum Gasteiger partial charge on any atom is 0.439 e. The van der Waals surface area contributed by atoms with Gasteiger partial charge in [0.1, 0.15) is 11.3 Å². The Hall–Kier alpha value is -1.84. The second kappa shape index (κ2) is 8.24. The molecule has 0 aromatic heterocycles. The summed E-state index contributed by atoms with van der Waals surface area (Å²) in [5.74, 6) is -0.765. The predicted molar refractivity (Wildman–Crippen MR) is 96.2 cm³/mol. The molecular weight excluding hydrogens is 386 g/mol. The highest BCUT2D eigenvalue weighted by Gasteiger charge is 2.32. The highest BCUT2D eigenvalue weighted by molar-refractivity contribution is 7.90. The molecule has 1 aromatic rings. The summed E-state index contributed by atoms with van der Waals surface area (Å²) < 4.78 is 34.4. The SMILES string of the molecule is CCOC(=O)c1ccc(S(C)(=O)=O)c(N(OC)C(=O)OC(C)(C)C)c1Cl. The second-order valence-corrected chi connectivity index (χ2v) is 8.59. The molecular formula is C16H22ClNO7S. The van der Waals surface area contributed by atoms with Gasteiger partial charge >= 0.3 is 12.1 Å². The second-order valence-electron chi connectivity index (χ2n) is 6.22. The Labute approximate surface area is 157 Å². The summed E-state index contributed by atoms with van der Waals surface area (Å²) in [5.41, 5.74) is -1.30. The van der Waals surface area contributed by atoms with Crippen molar-refractivity contribution in [2.24, 2.45) is 0 Å². The Kier molecular flexibility index (Phi) is 7.03. The van der Waals surface area contributed by atoms with E-state index in [9.17, 15) is 18.0 Å². The number of hydrogen-bond acceptors (Lipinski definition) is 7. The molecule has 0 aliphatic heterocycles. The van der Waals surface area contributed by atoms with E-state index in [1.165, 1.54) is 6.07 Å². The van der Waals surface area contributed by atoms with Gasteiger partial charge in [0.2, 0.25) is 0 Å². The van der Waals surface area contributed by atoms with Gasteiger partial charge in [-0.3, -0.25) is 4.84 Å². The van der Waals surface area contributed by atoms with E-state index >= 15 is 0 Å². The average molecular weight is 408 g/mol. The van der Waals surface area contributed by atoms with Gasteiger partial charge in [0.05, 0.1) is 29.2 Å². The van der Waals surface area contributed by atoms with Crippen LogP contribution in [0.4, 0.5) is 10.5 Å². The number of carbonyl (C=O) groups excluding carboxylic acids is 2. The van der Waals surface area contributed by atoms with E-state index in [0.29, 0.717) is 5.06 Å². The minimum absolute atomic E-state index is 0.0956. The first-order valence-electron chi connectivity index (χ1n) is 7.60. The van der Waals surface area contributed by atoms with Crippen molar-refractivity contribution in [3.05, 3.63) is 22.7 Å². The number of esters is 1. The number of hydroxylamine groups is 1. The first kappa shape index (κ1) is 22.2. The fourth-order valence-electron chi connectivity index (χ4n) is 1.96. The van der Waals surface area contributed by atoms with Crippen molar-refractivity contribution < 1.29 is 32.3 Å². The molecule has 0 saturated carbocycles. The zero-order valence-electron chi connectivity index (χ0n) is 15.5. The molecule has 0 fully saturated rings. The van der Waals surface area contributed by atoms with Crippen molar-refractivity contribution in [3.8, 4) is 0 Å². The van der Waals surface area contributed by atoms with E-state index in [4.69, 9.17) is 25.9 Å². The summed E-state index contributed by atoms with van der Waals surface area (Å²) in [6.07, 6.45) is -0.0532. The molecule has 8 nitrogen and oxygen atoms in total. The molecule has 0 bridgehead atoms. The molecule has 0 unspecified atom stereocenters. The van der Waals surface area contributed by atoms with Gasteiger partial charge in [-0.1, -0.05) is 11.6 Å². The smallest absolute Gasteiger partial charge is 0.439 e. The number of carbonyl (C=O) groups is 2. The van der Waals surface area contributed by atoms with Gasteiger partial charge in [0, 0.05) is 6.26 Å². The van der Waals surface area contributed by atoms with Gasteiger partial charge in [0.15, 0.2) is 9.84 Å². The van der Waals surface area contributed by atoms with Crippen LogP contribution < -0.4 is 5.06 Å². The Balaban J connectivity index is 3.64. The molecule has 1 amide bonds. The lowest BCUT2D eigenvalue weighted by molar-refractivity contribution is 0.0324. The average Bonchev–Trinajstić information content (AvgIpc) is 2.46. The molecule has 146 valence electrons. The first-order chi connectivity index (χ1) is 11.8. The van der Waals surface area contributed by atoms with E-state index in [2.05, 4.69) is 0 Å². The van der Waals surface area contributed by atoms with Crippen LogP contribution >= 0.6 is 11.6 Å². The summed E-state index contributed by atoms with van der Waals surface area (Å²) in [6, 6.07) is 2.36. The van der Waals surface area contributed by atoms with Crippen LogP contribution in [0.2, 0.25) is 5.02 Å². The quantitative estimate of drug-likeness (QED) is 0.545. The van der Waals surface area contributed by atoms with Crippen molar-refractivity contribution in [2.75, 3.05) is 25.0 Å². The van der Waals surface area contributed by atoms with Gasteiger partial charge in [-0.15, -0.1) is 0 Å². The summed E-state index contributed by atoms with van der Waals surface area (Å²) in [6.45, 7) is 6.60. The first-order valence-corrected chi connectivity index (χ1v) is 9.87. The largest absolute Gasteiger partial charge is 0.462 e. The number of hydrogen-bond donors (Lipinski definition) is 0. The van der Waals surface area contributed by atoms with Crippen molar-refractivity contribution >= 4 is 39.2 Å². The van der Waals surface area contributed by atoms with Crippen molar-refractivity contribution in [3.63, 3.8) is 0 Å².